The van der Waals surface area contributed by atoms with Gasteiger partial charge in [0.1, 0.15) is 0 Å². The van der Waals surface area contributed by atoms with E-state index in [4.69, 9.17) is 14.9 Å². The lowest BCUT2D eigenvalue weighted by atomic mass is 10.3. The van der Waals surface area contributed by atoms with Gasteiger partial charge in [0, 0.05) is 18.5 Å². The highest BCUT2D eigenvalue weighted by Gasteiger charge is 2.05. The number of alkyl halides is 1. The molecule has 13 heavy (non-hydrogen) atoms. The maximum atomic E-state index is 9.79. The Labute approximate surface area is 87.0 Å². The van der Waals surface area contributed by atoms with Crippen molar-refractivity contribution in [3.63, 3.8) is 0 Å². The number of carboxylic acid groups (broad SMARTS) is 1. The highest BCUT2D eigenvalue weighted by atomic mass is 79.9. The molecule has 0 radical (unpaired) electrons. The standard InChI is InChI=1S/C4H7BrO3.C4H10O/c5-2-3(6)1-4(7)8;1-3-5-4-2/h3,6H,1-2H2,(H,7,8);3-4H2,1-2H3/t3-;/m0./s1. The van der Waals surface area contributed by atoms with Crippen LogP contribution in [-0.4, -0.2) is 40.8 Å². The molecule has 0 aromatic heterocycles. The van der Waals surface area contributed by atoms with Gasteiger partial charge in [-0.05, 0) is 13.8 Å². The van der Waals surface area contributed by atoms with E-state index in [1.54, 1.807) is 0 Å². The number of hydrogen-bond donors (Lipinski definition) is 2. The van der Waals surface area contributed by atoms with Gasteiger partial charge in [-0.25, -0.2) is 0 Å². The number of carbonyl (C=O) groups is 1. The number of ether oxygens (including phenoxy) is 1. The van der Waals surface area contributed by atoms with Gasteiger partial charge in [0.25, 0.3) is 0 Å². The monoisotopic (exact) mass is 256 g/mol. The minimum absolute atomic E-state index is 0.189. The maximum absolute atomic E-state index is 9.79. The molecule has 0 saturated heterocycles. The summed E-state index contributed by atoms with van der Waals surface area (Å²) in [7, 11) is 0. The summed E-state index contributed by atoms with van der Waals surface area (Å²) in [6, 6.07) is 0. The van der Waals surface area contributed by atoms with Crippen LogP contribution in [0.3, 0.4) is 0 Å². The summed E-state index contributed by atoms with van der Waals surface area (Å²) in [5.74, 6) is -0.975. The average Bonchev–Trinajstić information content (AvgIpc) is 2.06. The van der Waals surface area contributed by atoms with Crippen molar-refractivity contribution in [1.29, 1.82) is 0 Å². The fraction of sp³-hybridized carbons (Fsp3) is 0.875. The Morgan fingerprint density at radius 1 is 1.46 bits per heavy atom. The van der Waals surface area contributed by atoms with Crippen molar-refractivity contribution in [2.45, 2.75) is 26.4 Å². The van der Waals surface area contributed by atoms with Crippen LogP contribution in [0.5, 0.6) is 0 Å². The van der Waals surface area contributed by atoms with Crippen molar-refractivity contribution in [3.8, 4) is 0 Å². The van der Waals surface area contributed by atoms with Crippen molar-refractivity contribution in [2.75, 3.05) is 18.5 Å². The lowest BCUT2D eigenvalue weighted by Crippen LogP contribution is -2.13. The predicted molar refractivity (Wildman–Crippen MR) is 54.2 cm³/mol. The number of rotatable bonds is 5. The molecule has 0 unspecified atom stereocenters. The summed E-state index contributed by atoms with van der Waals surface area (Å²) >= 11 is 2.93. The van der Waals surface area contributed by atoms with E-state index < -0.39 is 12.1 Å². The summed E-state index contributed by atoms with van der Waals surface area (Å²) in [6.45, 7) is 5.67. The van der Waals surface area contributed by atoms with E-state index >= 15 is 0 Å². The zero-order chi connectivity index (χ0) is 10.7. The topological polar surface area (TPSA) is 66.8 Å². The molecule has 0 aromatic carbocycles. The van der Waals surface area contributed by atoms with E-state index in [0.29, 0.717) is 5.33 Å². The van der Waals surface area contributed by atoms with E-state index in [1.807, 2.05) is 13.8 Å². The highest BCUT2D eigenvalue weighted by Crippen LogP contribution is 1.94. The summed E-state index contributed by atoms with van der Waals surface area (Å²) < 4.78 is 4.83. The number of aliphatic carboxylic acids is 1. The third-order valence-corrected chi connectivity index (χ3v) is 1.74. The van der Waals surface area contributed by atoms with Crippen LogP contribution in [0, 0.1) is 0 Å². The second kappa shape index (κ2) is 11.9. The first kappa shape index (κ1) is 15.3. The van der Waals surface area contributed by atoms with Crippen LogP contribution in [0.15, 0.2) is 0 Å². The van der Waals surface area contributed by atoms with Gasteiger partial charge in [-0.15, -0.1) is 0 Å². The first-order chi connectivity index (χ1) is 6.08. The third kappa shape index (κ3) is 18.7. The normalized spacial score (nSPS) is 11.4. The molecule has 2 N–H and O–H groups in total. The molecule has 0 fully saturated rings. The van der Waals surface area contributed by atoms with E-state index in [0.717, 1.165) is 13.2 Å². The van der Waals surface area contributed by atoms with Gasteiger partial charge in [-0.1, -0.05) is 15.9 Å². The molecule has 80 valence electrons. The van der Waals surface area contributed by atoms with Gasteiger partial charge < -0.3 is 14.9 Å². The Kier molecular flexibility index (Phi) is 14.0. The van der Waals surface area contributed by atoms with Gasteiger partial charge in [0.15, 0.2) is 0 Å². The van der Waals surface area contributed by atoms with Gasteiger partial charge in [0.05, 0.1) is 12.5 Å². The molecule has 0 spiro atoms. The van der Waals surface area contributed by atoms with Crippen LogP contribution in [-0.2, 0) is 9.53 Å². The molecular weight excluding hydrogens is 240 g/mol. The van der Waals surface area contributed by atoms with Crippen LogP contribution in [0.1, 0.15) is 20.3 Å². The van der Waals surface area contributed by atoms with E-state index in [9.17, 15) is 4.79 Å². The first-order valence-corrected chi connectivity index (χ1v) is 5.24. The first-order valence-electron chi connectivity index (χ1n) is 4.11. The Morgan fingerprint density at radius 3 is 2.00 bits per heavy atom. The number of aliphatic hydroxyl groups is 1. The Hall–Kier alpha value is -0.130. The number of hydrogen-bond acceptors (Lipinski definition) is 3. The number of aliphatic hydroxyl groups excluding tert-OH is 1. The second-order valence-electron chi connectivity index (χ2n) is 2.19. The van der Waals surface area contributed by atoms with Crippen molar-refractivity contribution < 1.29 is 19.7 Å². The van der Waals surface area contributed by atoms with Gasteiger partial charge >= 0.3 is 5.97 Å². The molecular formula is C8H17BrO4. The molecule has 0 heterocycles. The molecule has 0 bridgehead atoms. The summed E-state index contributed by atoms with van der Waals surface area (Å²) in [6.07, 6.45) is -0.946. The molecule has 0 aliphatic rings. The van der Waals surface area contributed by atoms with Crippen molar-refractivity contribution in [3.05, 3.63) is 0 Å². The molecule has 0 aliphatic carbocycles. The summed E-state index contributed by atoms with van der Waals surface area (Å²) in [5.41, 5.74) is 0. The summed E-state index contributed by atoms with van der Waals surface area (Å²) in [4.78, 5) is 9.79. The van der Waals surface area contributed by atoms with E-state index in [-0.39, 0.29) is 6.42 Å². The smallest absolute Gasteiger partial charge is 0.306 e. The number of halogens is 1. The summed E-state index contributed by atoms with van der Waals surface area (Å²) in [5, 5.41) is 17.0. The SMILES string of the molecule is CCOCC.O=C(O)C[C@H](O)CBr. The molecule has 0 aromatic rings. The minimum atomic E-state index is -0.975. The highest BCUT2D eigenvalue weighted by molar-refractivity contribution is 9.09. The van der Waals surface area contributed by atoms with Gasteiger partial charge in [-0.2, -0.15) is 0 Å². The molecule has 4 nitrogen and oxygen atoms in total. The quantitative estimate of drug-likeness (QED) is 0.727. The molecule has 0 aliphatic heterocycles. The molecule has 5 heteroatoms. The van der Waals surface area contributed by atoms with Crippen molar-refractivity contribution >= 4 is 21.9 Å². The van der Waals surface area contributed by atoms with E-state index in [1.165, 1.54) is 0 Å². The van der Waals surface area contributed by atoms with Gasteiger partial charge in [0.2, 0.25) is 0 Å². The fourth-order valence-electron chi connectivity index (χ4n) is 0.460. The van der Waals surface area contributed by atoms with Crippen molar-refractivity contribution in [2.24, 2.45) is 0 Å². The largest absolute Gasteiger partial charge is 0.481 e. The van der Waals surface area contributed by atoms with Gasteiger partial charge in [-0.3, -0.25) is 4.79 Å². The second-order valence-corrected chi connectivity index (χ2v) is 2.83. The van der Waals surface area contributed by atoms with Crippen LogP contribution in [0.4, 0.5) is 0 Å². The minimum Gasteiger partial charge on any atom is -0.481 e. The molecule has 0 saturated carbocycles. The fourth-order valence-corrected chi connectivity index (χ4v) is 0.689. The Bertz CT molecular complexity index is 117. The predicted octanol–water partition coefficient (Wildman–Crippen LogP) is 1.26. The van der Waals surface area contributed by atoms with Crippen molar-refractivity contribution in [1.82, 2.24) is 0 Å². The lowest BCUT2D eigenvalue weighted by molar-refractivity contribution is -0.138. The average molecular weight is 257 g/mol. The third-order valence-electron chi connectivity index (χ3n) is 0.997. The van der Waals surface area contributed by atoms with E-state index in [2.05, 4.69) is 15.9 Å². The van der Waals surface area contributed by atoms with Crippen LogP contribution >= 0.6 is 15.9 Å². The molecule has 0 rings (SSSR count). The van der Waals surface area contributed by atoms with Crippen LogP contribution in [0.25, 0.3) is 0 Å². The maximum Gasteiger partial charge on any atom is 0.306 e. The zero-order valence-electron chi connectivity index (χ0n) is 7.99. The zero-order valence-corrected chi connectivity index (χ0v) is 9.58. The number of carboxylic acids is 1. The van der Waals surface area contributed by atoms with Crippen LogP contribution < -0.4 is 0 Å². The Morgan fingerprint density at radius 2 is 1.92 bits per heavy atom. The molecule has 1 atom stereocenters. The van der Waals surface area contributed by atoms with Crippen LogP contribution in [0.2, 0.25) is 0 Å². The lowest BCUT2D eigenvalue weighted by Gasteiger charge is -1.99. The Balaban J connectivity index is 0. The molecule has 0 amide bonds.